The van der Waals surface area contributed by atoms with Crippen molar-refractivity contribution in [3.05, 3.63) is 59.7 Å². The van der Waals surface area contributed by atoms with E-state index in [2.05, 4.69) is 47.5 Å². The summed E-state index contributed by atoms with van der Waals surface area (Å²) in [6.07, 6.45) is 2.55. The Morgan fingerprint density at radius 1 is 1.00 bits per heavy atom. The predicted molar refractivity (Wildman–Crippen MR) is 108 cm³/mol. The molecule has 2 aromatic carbocycles. The SMILES string of the molecule is COc1cccc(C2C(NC(C)c3ccccc3OC)C3CCN2CC3)c1. The molecule has 0 aliphatic carbocycles. The number of para-hydroxylation sites is 1. The average Bonchev–Trinajstić information content (AvgIpc) is 2.74. The molecule has 144 valence electrons. The van der Waals surface area contributed by atoms with Gasteiger partial charge in [0.15, 0.2) is 0 Å². The minimum atomic E-state index is 0.236. The van der Waals surface area contributed by atoms with Gasteiger partial charge in [-0.15, -0.1) is 0 Å². The smallest absolute Gasteiger partial charge is 0.123 e. The van der Waals surface area contributed by atoms with Crippen LogP contribution in [-0.4, -0.2) is 38.3 Å². The first-order valence-electron chi connectivity index (χ1n) is 9.98. The molecule has 3 fully saturated rings. The third kappa shape index (κ3) is 3.56. The molecule has 0 amide bonds. The number of nitrogens with zero attached hydrogens (tertiary/aromatic N) is 1. The van der Waals surface area contributed by atoms with Gasteiger partial charge in [0.25, 0.3) is 0 Å². The number of ether oxygens (including phenoxy) is 2. The minimum absolute atomic E-state index is 0.236. The van der Waals surface area contributed by atoms with Crippen LogP contribution in [0.25, 0.3) is 0 Å². The lowest BCUT2D eigenvalue weighted by Crippen LogP contribution is -2.58. The van der Waals surface area contributed by atoms with Gasteiger partial charge in [-0.05, 0) is 62.5 Å². The van der Waals surface area contributed by atoms with Crippen LogP contribution >= 0.6 is 0 Å². The maximum absolute atomic E-state index is 5.59. The molecule has 1 N–H and O–H groups in total. The molecular formula is C23H30N2O2. The quantitative estimate of drug-likeness (QED) is 0.831. The van der Waals surface area contributed by atoms with Crippen molar-refractivity contribution in [3.63, 3.8) is 0 Å². The van der Waals surface area contributed by atoms with Gasteiger partial charge in [-0.25, -0.2) is 0 Å². The summed E-state index contributed by atoms with van der Waals surface area (Å²) >= 11 is 0. The number of piperidine rings is 3. The van der Waals surface area contributed by atoms with Gasteiger partial charge in [0, 0.05) is 17.6 Å². The Hall–Kier alpha value is -2.04. The van der Waals surface area contributed by atoms with Crippen LogP contribution in [0.1, 0.15) is 43.0 Å². The first-order chi connectivity index (χ1) is 13.2. The van der Waals surface area contributed by atoms with Gasteiger partial charge in [-0.2, -0.15) is 0 Å². The van der Waals surface area contributed by atoms with Crippen LogP contribution in [-0.2, 0) is 0 Å². The Kier molecular flexibility index (Phi) is 5.37. The number of nitrogens with one attached hydrogen (secondary N) is 1. The summed E-state index contributed by atoms with van der Waals surface area (Å²) in [6.45, 7) is 4.62. The van der Waals surface area contributed by atoms with E-state index in [-0.39, 0.29) is 6.04 Å². The molecule has 5 rings (SSSR count). The topological polar surface area (TPSA) is 33.7 Å². The molecule has 3 aliphatic heterocycles. The van der Waals surface area contributed by atoms with Crippen molar-refractivity contribution in [2.24, 2.45) is 5.92 Å². The maximum Gasteiger partial charge on any atom is 0.123 e. The fourth-order valence-corrected chi connectivity index (χ4v) is 4.92. The zero-order valence-corrected chi connectivity index (χ0v) is 16.5. The van der Waals surface area contributed by atoms with Crippen LogP contribution in [0.15, 0.2) is 48.5 Å². The molecule has 3 aliphatic rings. The largest absolute Gasteiger partial charge is 0.497 e. The highest BCUT2D eigenvalue weighted by Gasteiger charge is 2.43. The molecule has 3 unspecified atom stereocenters. The Morgan fingerprint density at radius 2 is 1.78 bits per heavy atom. The summed E-state index contributed by atoms with van der Waals surface area (Å²) < 4.78 is 11.1. The van der Waals surface area contributed by atoms with Crippen LogP contribution < -0.4 is 14.8 Å². The van der Waals surface area contributed by atoms with Crippen molar-refractivity contribution in [2.45, 2.75) is 37.9 Å². The van der Waals surface area contributed by atoms with Gasteiger partial charge in [0.05, 0.1) is 20.3 Å². The van der Waals surface area contributed by atoms with Crippen LogP contribution in [0.3, 0.4) is 0 Å². The molecule has 4 heteroatoms. The molecule has 2 aromatic rings. The van der Waals surface area contributed by atoms with E-state index in [0.717, 1.165) is 11.5 Å². The summed E-state index contributed by atoms with van der Waals surface area (Å²) in [5, 5.41) is 3.96. The summed E-state index contributed by atoms with van der Waals surface area (Å²) in [5.41, 5.74) is 2.57. The molecule has 27 heavy (non-hydrogen) atoms. The van der Waals surface area contributed by atoms with E-state index in [9.17, 15) is 0 Å². The van der Waals surface area contributed by atoms with Gasteiger partial charge in [0.2, 0.25) is 0 Å². The van der Waals surface area contributed by atoms with E-state index in [1.165, 1.54) is 37.1 Å². The van der Waals surface area contributed by atoms with Crippen molar-refractivity contribution in [1.82, 2.24) is 10.2 Å². The van der Waals surface area contributed by atoms with Gasteiger partial charge < -0.3 is 14.8 Å². The molecule has 4 nitrogen and oxygen atoms in total. The lowest BCUT2D eigenvalue weighted by atomic mass is 9.76. The number of hydrogen-bond acceptors (Lipinski definition) is 4. The highest BCUT2D eigenvalue weighted by atomic mass is 16.5. The first kappa shape index (κ1) is 18.3. The van der Waals surface area contributed by atoms with Gasteiger partial charge in [-0.1, -0.05) is 30.3 Å². The fraction of sp³-hybridized carbons (Fsp3) is 0.478. The maximum atomic E-state index is 5.59. The third-order valence-electron chi connectivity index (χ3n) is 6.30. The lowest BCUT2D eigenvalue weighted by molar-refractivity contribution is 0.00777. The Balaban J connectivity index is 1.62. The lowest BCUT2D eigenvalue weighted by Gasteiger charge is -2.52. The van der Waals surface area contributed by atoms with Crippen molar-refractivity contribution in [3.8, 4) is 11.5 Å². The molecule has 0 spiro atoms. The highest BCUT2D eigenvalue weighted by Crippen LogP contribution is 2.42. The normalized spacial score (nSPS) is 28.0. The molecule has 0 aromatic heterocycles. The number of methoxy groups -OCH3 is 2. The van der Waals surface area contributed by atoms with E-state index in [4.69, 9.17) is 9.47 Å². The number of benzene rings is 2. The molecular weight excluding hydrogens is 336 g/mol. The van der Waals surface area contributed by atoms with E-state index in [1.807, 2.05) is 18.2 Å². The number of rotatable bonds is 6. The second-order valence-corrected chi connectivity index (χ2v) is 7.75. The summed E-state index contributed by atoms with van der Waals surface area (Å²) in [7, 11) is 3.49. The second kappa shape index (κ2) is 7.91. The van der Waals surface area contributed by atoms with Crippen molar-refractivity contribution < 1.29 is 9.47 Å². The third-order valence-corrected chi connectivity index (χ3v) is 6.30. The van der Waals surface area contributed by atoms with E-state index in [0.29, 0.717) is 18.0 Å². The van der Waals surface area contributed by atoms with Crippen LogP contribution in [0.5, 0.6) is 11.5 Å². The Bertz CT molecular complexity index is 770. The van der Waals surface area contributed by atoms with Crippen LogP contribution in [0, 0.1) is 5.92 Å². The fourth-order valence-electron chi connectivity index (χ4n) is 4.92. The van der Waals surface area contributed by atoms with Gasteiger partial charge in [-0.3, -0.25) is 4.90 Å². The predicted octanol–water partition coefficient (Wildman–Crippen LogP) is 4.19. The van der Waals surface area contributed by atoms with Crippen molar-refractivity contribution in [2.75, 3.05) is 27.3 Å². The summed E-state index contributed by atoms with van der Waals surface area (Å²) in [5.74, 6) is 2.60. The van der Waals surface area contributed by atoms with E-state index >= 15 is 0 Å². The highest BCUT2D eigenvalue weighted by molar-refractivity contribution is 5.36. The first-order valence-corrected chi connectivity index (χ1v) is 9.98. The molecule has 3 saturated heterocycles. The van der Waals surface area contributed by atoms with E-state index in [1.54, 1.807) is 14.2 Å². The standard InChI is InChI=1S/C23H30N2O2/c1-16(20-9-4-5-10-21(20)27-3)24-22-17-11-13-25(14-12-17)23(22)18-7-6-8-19(15-18)26-2/h4-10,15-17,22-24H,11-14H2,1-3H3. The summed E-state index contributed by atoms with van der Waals surface area (Å²) in [6, 6.07) is 18.0. The van der Waals surface area contributed by atoms with Gasteiger partial charge in [0.1, 0.15) is 11.5 Å². The number of hydrogen-bond donors (Lipinski definition) is 1. The van der Waals surface area contributed by atoms with Crippen LogP contribution in [0.2, 0.25) is 0 Å². The molecule has 3 heterocycles. The monoisotopic (exact) mass is 366 g/mol. The minimum Gasteiger partial charge on any atom is -0.497 e. The van der Waals surface area contributed by atoms with Gasteiger partial charge >= 0.3 is 0 Å². The van der Waals surface area contributed by atoms with Crippen LogP contribution in [0.4, 0.5) is 0 Å². The van der Waals surface area contributed by atoms with Crippen molar-refractivity contribution >= 4 is 0 Å². The molecule has 2 bridgehead atoms. The Labute approximate surface area is 162 Å². The zero-order valence-electron chi connectivity index (χ0n) is 16.5. The average molecular weight is 367 g/mol. The summed E-state index contributed by atoms with van der Waals surface area (Å²) in [4.78, 5) is 2.64. The number of fused-ring (bicyclic) bond motifs is 3. The second-order valence-electron chi connectivity index (χ2n) is 7.75. The molecule has 0 saturated carbocycles. The van der Waals surface area contributed by atoms with E-state index < -0.39 is 0 Å². The molecule has 3 atom stereocenters. The molecule has 0 radical (unpaired) electrons. The Morgan fingerprint density at radius 3 is 2.52 bits per heavy atom. The zero-order chi connectivity index (χ0) is 18.8. The van der Waals surface area contributed by atoms with Crippen molar-refractivity contribution in [1.29, 1.82) is 0 Å².